The van der Waals surface area contributed by atoms with Gasteiger partial charge in [0, 0.05) is 11.7 Å². The van der Waals surface area contributed by atoms with Gasteiger partial charge in [-0.25, -0.2) is 21.9 Å². The van der Waals surface area contributed by atoms with Crippen LogP contribution in [0, 0.1) is 11.6 Å². The monoisotopic (exact) mass is 307 g/mol. The van der Waals surface area contributed by atoms with Crippen LogP contribution in [-0.4, -0.2) is 26.9 Å². The van der Waals surface area contributed by atoms with Crippen LogP contribution in [0.25, 0.3) is 0 Å². The second-order valence-corrected chi connectivity index (χ2v) is 6.10. The van der Waals surface area contributed by atoms with Gasteiger partial charge in [-0.3, -0.25) is 4.79 Å². The molecule has 6 nitrogen and oxygen atoms in total. The molecule has 0 aliphatic rings. The SMILES string of the molecule is CC(C)NC(=O)CNS(=O)(=O)c1cc(N)cc(F)c1F. The van der Waals surface area contributed by atoms with E-state index in [1.807, 2.05) is 4.72 Å². The van der Waals surface area contributed by atoms with Gasteiger partial charge in [0.2, 0.25) is 15.9 Å². The lowest BCUT2D eigenvalue weighted by Gasteiger charge is -2.11. The Hall–Kier alpha value is -1.74. The van der Waals surface area contributed by atoms with Crippen molar-refractivity contribution in [3.8, 4) is 0 Å². The number of benzene rings is 1. The second kappa shape index (κ2) is 6.14. The average Bonchev–Trinajstić information content (AvgIpc) is 2.30. The predicted octanol–water partition coefficient (Wildman–Crippen LogP) is 0.350. The molecular weight excluding hydrogens is 292 g/mol. The standard InChI is InChI=1S/C11H15F2N3O3S/c1-6(2)16-10(17)5-15-20(18,19)9-4-7(14)3-8(12)11(9)13/h3-4,6,15H,5,14H2,1-2H3,(H,16,17). The number of halogens is 2. The molecule has 0 aliphatic carbocycles. The number of rotatable bonds is 5. The average molecular weight is 307 g/mol. The fraction of sp³-hybridized carbons (Fsp3) is 0.364. The number of nitrogens with two attached hydrogens (primary N) is 1. The topological polar surface area (TPSA) is 101 Å². The van der Waals surface area contributed by atoms with E-state index >= 15 is 0 Å². The van der Waals surface area contributed by atoms with Crippen molar-refractivity contribution in [1.29, 1.82) is 0 Å². The lowest BCUT2D eigenvalue weighted by molar-refractivity contribution is -0.120. The molecule has 0 heterocycles. The molecule has 0 saturated carbocycles. The van der Waals surface area contributed by atoms with Gasteiger partial charge in [0.25, 0.3) is 0 Å². The number of hydrogen-bond donors (Lipinski definition) is 3. The van der Waals surface area contributed by atoms with Crippen molar-refractivity contribution in [2.75, 3.05) is 12.3 Å². The molecule has 112 valence electrons. The van der Waals surface area contributed by atoms with Crippen LogP contribution < -0.4 is 15.8 Å². The van der Waals surface area contributed by atoms with Gasteiger partial charge in [-0.2, -0.15) is 0 Å². The van der Waals surface area contributed by atoms with Gasteiger partial charge in [0.1, 0.15) is 4.90 Å². The van der Waals surface area contributed by atoms with Crippen molar-refractivity contribution in [3.63, 3.8) is 0 Å². The molecule has 0 saturated heterocycles. The summed E-state index contributed by atoms with van der Waals surface area (Å²) in [6.45, 7) is 2.80. The Kier molecular flexibility index (Phi) is 5.01. The summed E-state index contributed by atoms with van der Waals surface area (Å²) in [5.41, 5.74) is 5.03. The largest absolute Gasteiger partial charge is 0.399 e. The van der Waals surface area contributed by atoms with Gasteiger partial charge >= 0.3 is 0 Å². The van der Waals surface area contributed by atoms with Crippen molar-refractivity contribution >= 4 is 21.6 Å². The highest BCUT2D eigenvalue weighted by molar-refractivity contribution is 7.89. The number of amides is 1. The molecule has 0 aromatic heterocycles. The first kappa shape index (κ1) is 16.3. The lowest BCUT2D eigenvalue weighted by Crippen LogP contribution is -2.40. The molecule has 0 bridgehead atoms. The number of nitrogens with one attached hydrogen (secondary N) is 2. The second-order valence-electron chi connectivity index (χ2n) is 4.36. The molecule has 20 heavy (non-hydrogen) atoms. The van der Waals surface area contributed by atoms with Crippen molar-refractivity contribution in [2.24, 2.45) is 0 Å². The normalized spacial score (nSPS) is 11.7. The highest BCUT2D eigenvalue weighted by Gasteiger charge is 2.23. The van der Waals surface area contributed by atoms with Crippen molar-refractivity contribution < 1.29 is 22.0 Å². The third kappa shape index (κ3) is 4.14. The fourth-order valence-electron chi connectivity index (χ4n) is 1.39. The number of hydrogen-bond acceptors (Lipinski definition) is 4. The Bertz CT molecular complexity index is 618. The molecule has 1 amide bonds. The minimum Gasteiger partial charge on any atom is -0.399 e. The Morgan fingerprint density at radius 2 is 1.95 bits per heavy atom. The van der Waals surface area contributed by atoms with Crippen LogP contribution in [0.15, 0.2) is 17.0 Å². The van der Waals surface area contributed by atoms with Gasteiger partial charge in [-0.05, 0) is 26.0 Å². The molecule has 4 N–H and O–H groups in total. The summed E-state index contributed by atoms with van der Waals surface area (Å²) in [6.07, 6.45) is 0. The maximum atomic E-state index is 13.5. The molecule has 0 radical (unpaired) electrons. The van der Waals surface area contributed by atoms with Gasteiger partial charge in [-0.1, -0.05) is 0 Å². The molecule has 0 spiro atoms. The molecule has 0 aliphatic heterocycles. The first-order valence-electron chi connectivity index (χ1n) is 5.67. The smallest absolute Gasteiger partial charge is 0.244 e. The zero-order valence-corrected chi connectivity index (χ0v) is 11.7. The van der Waals surface area contributed by atoms with Crippen LogP contribution in [0.4, 0.5) is 14.5 Å². The van der Waals surface area contributed by atoms with Crippen LogP contribution >= 0.6 is 0 Å². The molecule has 9 heteroatoms. The van der Waals surface area contributed by atoms with Crippen LogP contribution in [-0.2, 0) is 14.8 Å². The zero-order valence-electron chi connectivity index (χ0n) is 10.9. The van der Waals surface area contributed by atoms with E-state index in [9.17, 15) is 22.0 Å². The fourth-order valence-corrected chi connectivity index (χ4v) is 2.49. The van der Waals surface area contributed by atoms with Gasteiger partial charge in [-0.15, -0.1) is 0 Å². The van der Waals surface area contributed by atoms with Crippen molar-refractivity contribution in [1.82, 2.24) is 10.0 Å². The molecule has 0 fully saturated rings. The third-order valence-corrected chi connectivity index (χ3v) is 3.58. The summed E-state index contributed by atoms with van der Waals surface area (Å²) >= 11 is 0. The highest BCUT2D eigenvalue weighted by atomic mass is 32.2. The van der Waals surface area contributed by atoms with Gasteiger partial charge < -0.3 is 11.1 Å². The molecule has 1 aromatic carbocycles. The maximum Gasteiger partial charge on any atom is 0.244 e. The summed E-state index contributed by atoms with van der Waals surface area (Å²) in [6, 6.07) is 1.27. The van der Waals surface area contributed by atoms with Gasteiger partial charge in [0.05, 0.1) is 6.54 Å². The Labute approximate surface area is 115 Å². The summed E-state index contributed by atoms with van der Waals surface area (Å²) in [5.74, 6) is -3.51. The quantitative estimate of drug-likeness (QED) is 0.683. The summed E-state index contributed by atoms with van der Waals surface area (Å²) in [7, 11) is -4.37. The highest BCUT2D eigenvalue weighted by Crippen LogP contribution is 2.20. The predicted molar refractivity (Wildman–Crippen MR) is 69.2 cm³/mol. The van der Waals surface area contributed by atoms with Crippen LogP contribution in [0.1, 0.15) is 13.8 Å². The molecule has 1 rings (SSSR count). The molecule has 1 aromatic rings. The first-order chi connectivity index (χ1) is 9.13. The zero-order chi connectivity index (χ0) is 15.5. The van der Waals surface area contributed by atoms with E-state index < -0.39 is 39.0 Å². The van der Waals surface area contributed by atoms with E-state index in [1.165, 1.54) is 0 Å². The third-order valence-electron chi connectivity index (χ3n) is 2.18. The Morgan fingerprint density at radius 3 is 2.50 bits per heavy atom. The van der Waals surface area contributed by atoms with E-state index in [0.717, 1.165) is 6.07 Å². The summed E-state index contributed by atoms with van der Waals surface area (Å²) in [5, 5.41) is 2.45. The minimum absolute atomic E-state index is 0.173. The van der Waals surface area contributed by atoms with Crippen molar-refractivity contribution in [2.45, 2.75) is 24.8 Å². The van der Waals surface area contributed by atoms with Crippen LogP contribution in [0.3, 0.4) is 0 Å². The molecule has 0 unspecified atom stereocenters. The summed E-state index contributed by atoms with van der Waals surface area (Å²) < 4.78 is 52.0. The van der Waals surface area contributed by atoms with E-state index in [2.05, 4.69) is 5.32 Å². The minimum atomic E-state index is -4.37. The van der Waals surface area contributed by atoms with Crippen molar-refractivity contribution in [3.05, 3.63) is 23.8 Å². The number of carbonyl (C=O) groups is 1. The van der Waals surface area contributed by atoms with Gasteiger partial charge in [0.15, 0.2) is 11.6 Å². The number of anilines is 1. The first-order valence-corrected chi connectivity index (χ1v) is 7.15. The van der Waals surface area contributed by atoms with E-state index in [1.54, 1.807) is 13.8 Å². The molecule has 0 atom stereocenters. The number of nitrogen functional groups attached to an aromatic ring is 1. The van der Waals surface area contributed by atoms with Crippen LogP contribution in [0.5, 0.6) is 0 Å². The van der Waals surface area contributed by atoms with E-state index in [4.69, 9.17) is 5.73 Å². The number of carbonyl (C=O) groups excluding carboxylic acids is 1. The lowest BCUT2D eigenvalue weighted by atomic mass is 10.3. The van der Waals surface area contributed by atoms with E-state index in [0.29, 0.717) is 6.07 Å². The number of sulfonamides is 1. The molecular formula is C11H15F2N3O3S. The summed E-state index contributed by atoms with van der Waals surface area (Å²) in [4.78, 5) is 10.4. The maximum absolute atomic E-state index is 13.5. The Balaban J connectivity index is 2.93. The van der Waals surface area contributed by atoms with E-state index in [-0.39, 0.29) is 11.7 Å². The Morgan fingerprint density at radius 1 is 1.35 bits per heavy atom. The van der Waals surface area contributed by atoms with Crippen LogP contribution in [0.2, 0.25) is 0 Å².